The van der Waals surface area contributed by atoms with Crippen molar-refractivity contribution in [3.63, 3.8) is 0 Å². The van der Waals surface area contributed by atoms with Crippen molar-refractivity contribution >= 4 is 33.2 Å². The van der Waals surface area contributed by atoms with Crippen molar-refractivity contribution in [2.45, 2.75) is 30.8 Å². The van der Waals surface area contributed by atoms with Gasteiger partial charge in [0.05, 0.1) is 11.6 Å². The van der Waals surface area contributed by atoms with Gasteiger partial charge in [-0.2, -0.15) is 0 Å². The van der Waals surface area contributed by atoms with Gasteiger partial charge in [0.15, 0.2) is 0 Å². The van der Waals surface area contributed by atoms with Gasteiger partial charge in [-0.3, -0.25) is 0 Å². The standard InChI is InChI=1S/C12H15Cl2NO3S/c13-10-4-9(7-16)12(14)11(5-10)19(17,18)15-6-8-2-1-3-8/h4-5,8,15-16H,1-3,6-7H2. The highest BCUT2D eigenvalue weighted by molar-refractivity contribution is 7.89. The maximum atomic E-state index is 12.2. The lowest BCUT2D eigenvalue weighted by Gasteiger charge is -2.25. The number of nitrogens with one attached hydrogen (secondary N) is 1. The van der Waals surface area contributed by atoms with E-state index >= 15 is 0 Å². The average Bonchev–Trinajstić information content (AvgIpc) is 2.29. The molecule has 1 aromatic rings. The van der Waals surface area contributed by atoms with E-state index in [0.717, 1.165) is 19.3 Å². The number of benzene rings is 1. The van der Waals surface area contributed by atoms with Crippen LogP contribution in [0.25, 0.3) is 0 Å². The van der Waals surface area contributed by atoms with Gasteiger partial charge in [0.2, 0.25) is 10.0 Å². The average molecular weight is 324 g/mol. The van der Waals surface area contributed by atoms with E-state index in [-0.39, 0.29) is 21.5 Å². The lowest BCUT2D eigenvalue weighted by Crippen LogP contribution is -2.32. The van der Waals surface area contributed by atoms with E-state index in [2.05, 4.69) is 4.72 Å². The molecule has 0 amide bonds. The van der Waals surface area contributed by atoms with Crippen LogP contribution in [0.1, 0.15) is 24.8 Å². The Labute approximate surface area is 122 Å². The van der Waals surface area contributed by atoms with Gasteiger partial charge in [0.25, 0.3) is 0 Å². The normalized spacial score (nSPS) is 16.4. The van der Waals surface area contributed by atoms with Crippen LogP contribution in [-0.4, -0.2) is 20.1 Å². The van der Waals surface area contributed by atoms with Crippen LogP contribution in [0.3, 0.4) is 0 Å². The van der Waals surface area contributed by atoms with E-state index in [1.54, 1.807) is 0 Å². The lowest BCUT2D eigenvalue weighted by atomic mass is 9.86. The van der Waals surface area contributed by atoms with Crippen molar-refractivity contribution in [2.75, 3.05) is 6.54 Å². The molecular formula is C12H15Cl2NO3S. The van der Waals surface area contributed by atoms with Crippen LogP contribution in [0.4, 0.5) is 0 Å². The van der Waals surface area contributed by atoms with Crippen LogP contribution >= 0.6 is 23.2 Å². The van der Waals surface area contributed by atoms with E-state index in [1.165, 1.54) is 12.1 Å². The molecule has 0 atom stereocenters. The fourth-order valence-corrected chi connectivity index (χ4v) is 3.97. The summed E-state index contributed by atoms with van der Waals surface area (Å²) in [5, 5.41) is 9.40. The Kier molecular flexibility index (Phi) is 4.74. The molecule has 0 aliphatic heterocycles. The van der Waals surface area contributed by atoms with Crippen LogP contribution in [0.2, 0.25) is 10.0 Å². The van der Waals surface area contributed by atoms with E-state index < -0.39 is 10.0 Å². The Balaban J connectivity index is 2.25. The number of rotatable bonds is 5. The summed E-state index contributed by atoms with van der Waals surface area (Å²) in [4.78, 5) is -0.0787. The van der Waals surface area contributed by atoms with Gasteiger partial charge >= 0.3 is 0 Å². The zero-order chi connectivity index (χ0) is 14.0. The fourth-order valence-electron chi connectivity index (χ4n) is 1.93. The monoisotopic (exact) mass is 323 g/mol. The molecule has 19 heavy (non-hydrogen) atoms. The first-order chi connectivity index (χ1) is 8.94. The zero-order valence-electron chi connectivity index (χ0n) is 10.2. The number of hydrogen-bond donors (Lipinski definition) is 2. The van der Waals surface area contributed by atoms with Crippen LogP contribution in [0, 0.1) is 5.92 Å². The number of hydrogen-bond acceptors (Lipinski definition) is 3. The summed E-state index contributed by atoms with van der Waals surface area (Å²) in [6, 6.07) is 2.75. The maximum absolute atomic E-state index is 12.2. The molecule has 0 bridgehead atoms. The van der Waals surface area contributed by atoms with Gasteiger partial charge in [-0.15, -0.1) is 0 Å². The summed E-state index contributed by atoms with van der Waals surface area (Å²) >= 11 is 11.8. The molecular weight excluding hydrogens is 309 g/mol. The SMILES string of the molecule is O=S(=O)(NCC1CCC1)c1cc(Cl)cc(CO)c1Cl. The predicted octanol–water partition coefficient (Wildman–Crippen LogP) is 2.56. The Morgan fingerprint density at radius 2 is 2.00 bits per heavy atom. The van der Waals surface area contributed by atoms with Crippen LogP contribution < -0.4 is 4.72 Å². The number of aliphatic hydroxyl groups excluding tert-OH is 1. The molecule has 1 saturated carbocycles. The third-order valence-corrected chi connectivity index (χ3v) is 5.55. The van der Waals surface area contributed by atoms with Crippen molar-refractivity contribution < 1.29 is 13.5 Å². The van der Waals surface area contributed by atoms with Crippen molar-refractivity contribution in [3.8, 4) is 0 Å². The molecule has 0 saturated heterocycles. The van der Waals surface area contributed by atoms with E-state index in [9.17, 15) is 8.42 Å². The second-order valence-electron chi connectivity index (χ2n) is 4.68. The zero-order valence-corrected chi connectivity index (χ0v) is 12.5. The topological polar surface area (TPSA) is 66.4 Å². The largest absolute Gasteiger partial charge is 0.392 e. The van der Waals surface area contributed by atoms with Gasteiger partial charge in [-0.05, 0) is 36.5 Å². The minimum atomic E-state index is -3.69. The molecule has 4 nitrogen and oxygen atoms in total. The van der Waals surface area contributed by atoms with Crippen molar-refractivity contribution in [2.24, 2.45) is 5.92 Å². The predicted molar refractivity (Wildman–Crippen MR) is 74.9 cm³/mol. The smallest absolute Gasteiger partial charge is 0.242 e. The Hall–Kier alpha value is -0.330. The third kappa shape index (κ3) is 3.41. The molecule has 1 aliphatic carbocycles. The molecule has 106 valence electrons. The second-order valence-corrected chi connectivity index (χ2v) is 7.23. The molecule has 0 spiro atoms. The van der Waals surface area contributed by atoms with E-state index in [1.807, 2.05) is 0 Å². The summed E-state index contributed by atoms with van der Waals surface area (Å²) in [5.41, 5.74) is 0.304. The van der Waals surface area contributed by atoms with Crippen molar-refractivity contribution in [3.05, 3.63) is 27.7 Å². The minimum absolute atomic E-state index is 0.0213. The van der Waals surface area contributed by atoms with Gasteiger partial charge in [0.1, 0.15) is 4.90 Å². The highest BCUT2D eigenvalue weighted by Gasteiger charge is 2.24. The number of sulfonamides is 1. The third-order valence-electron chi connectivity index (χ3n) is 3.33. The quantitative estimate of drug-likeness (QED) is 0.875. The molecule has 0 aromatic heterocycles. The van der Waals surface area contributed by atoms with Gasteiger partial charge in [-0.25, -0.2) is 13.1 Å². The van der Waals surface area contributed by atoms with E-state index in [0.29, 0.717) is 18.0 Å². The summed E-state index contributed by atoms with van der Waals surface area (Å²) < 4.78 is 26.9. The summed E-state index contributed by atoms with van der Waals surface area (Å²) in [7, 11) is -3.69. The van der Waals surface area contributed by atoms with E-state index in [4.69, 9.17) is 28.3 Å². The lowest BCUT2D eigenvalue weighted by molar-refractivity contribution is 0.281. The number of halogens is 2. The second kappa shape index (κ2) is 5.97. The molecule has 7 heteroatoms. The molecule has 2 rings (SSSR count). The Morgan fingerprint density at radius 1 is 1.32 bits per heavy atom. The van der Waals surface area contributed by atoms with Crippen LogP contribution in [-0.2, 0) is 16.6 Å². The van der Waals surface area contributed by atoms with Crippen molar-refractivity contribution in [1.29, 1.82) is 0 Å². The molecule has 1 aromatic carbocycles. The first-order valence-corrected chi connectivity index (χ1v) is 8.26. The molecule has 1 fully saturated rings. The highest BCUT2D eigenvalue weighted by Crippen LogP contribution is 2.30. The van der Waals surface area contributed by atoms with Crippen LogP contribution in [0.5, 0.6) is 0 Å². The van der Waals surface area contributed by atoms with Crippen LogP contribution in [0.15, 0.2) is 17.0 Å². The molecule has 0 unspecified atom stereocenters. The summed E-state index contributed by atoms with van der Waals surface area (Å²) in [5.74, 6) is 0.407. The van der Waals surface area contributed by atoms with Gasteiger partial charge in [0, 0.05) is 11.6 Å². The fraction of sp³-hybridized carbons (Fsp3) is 0.500. The molecule has 1 aliphatic rings. The Morgan fingerprint density at radius 3 is 2.53 bits per heavy atom. The summed E-state index contributed by atoms with van der Waals surface area (Å²) in [6.45, 7) is 0.0597. The highest BCUT2D eigenvalue weighted by atomic mass is 35.5. The first kappa shape index (κ1) is 15.1. The Bertz CT molecular complexity index is 571. The number of aliphatic hydroxyl groups is 1. The molecule has 0 heterocycles. The minimum Gasteiger partial charge on any atom is -0.392 e. The van der Waals surface area contributed by atoms with Gasteiger partial charge < -0.3 is 5.11 Å². The molecule has 2 N–H and O–H groups in total. The molecule has 0 radical (unpaired) electrons. The first-order valence-electron chi connectivity index (χ1n) is 6.02. The maximum Gasteiger partial charge on any atom is 0.242 e. The van der Waals surface area contributed by atoms with Gasteiger partial charge in [-0.1, -0.05) is 29.6 Å². The summed E-state index contributed by atoms with van der Waals surface area (Å²) in [6.07, 6.45) is 3.25. The van der Waals surface area contributed by atoms with Crippen molar-refractivity contribution in [1.82, 2.24) is 4.72 Å².